The Kier molecular flexibility index (Phi) is 5.41. The smallest absolute Gasteiger partial charge is 0.226 e. The second-order valence-corrected chi connectivity index (χ2v) is 2.60. The zero-order chi connectivity index (χ0) is 7.11. The van der Waals surface area contributed by atoms with Gasteiger partial charge in [0.2, 0.25) is 5.12 Å². The third-order valence-electron chi connectivity index (χ3n) is 0.624. The normalized spacial score (nSPS) is 8.56. The van der Waals surface area contributed by atoms with Crippen LogP contribution in [0.5, 0.6) is 0 Å². The average molecular weight is 146 g/mol. The monoisotopic (exact) mass is 146 g/mol. The third-order valence-corrected chi connectivity index (χ3v) is 1.35. The minimum atomic E-state index is 0.0531. The Balaban J connectivity index is 3.16. The first-order valence-electron chi connectivity index (χ1n) is 2.69. The number of ether oxygens (including phenoxy) is 1. The van der Waals surface area contributed by atoms with Gasteiger partial charge in [0.25, 0.3) is 0 Å². The van der Waals surface area contributed by atoms with Crippen LogP contribution in [0.25, 0.3) is 0 Å². The van der Waals surface area contributed by atoms with Crippen molar-refractivity contribution in [3.05, 3.63) is 12.8 Å². The molecule has 3 heteroatoms. The molecule has 0 heterocycles. The van der Waals surface area contributed by atoms with Gasteiger partial charge in [-0.1, -0.05) is 25.3 Å². The second-order valence-electron chi connectivity index (χ2n) is 1.28. The Hall–Kier alpha value is -0.440. The van der Waals surface area contributed by atoms with Crippen LogP contribution in [-0.4, -0.2) is 17.5 Å². The highest BCUT2D eigenvalue weighted by atomic mass is 32.2. The third kappa shape index (κ3) is 5.43. The van der Waals surface area contributed by atoms with E-state index in [-0.39, 0.29) is 11.7 Å². The maximum absolute atomic E-state index is 10.6. The van der Waals surface area contributed by atoms with Gasteiger partial charge in [0.15, 0.2) is 6.61 Å². The Morgan fingerprint density at radius 1 is 1.89 bits per heavy atom. The summed E-state index contributed by atoms with van der Waals surface area (Å²) in [6, 6.07) is 0. The quantitative estimate of drug-likeness (QED) is 0.561. The van der Waals surface area contributed by atoms with Crippen LogP contribution >= 0.6 is 11.8 Å². The predicted octanol–water partition coefficient (Wildman–Crippen LogP) is 1.43. The number of rotatable bonds is 4. The van der Waals surface area contributed by atoms with E-state index in [1.54, 1.807) is 0 Å². The SMILES string of the molecule is C=COCC(=O)SCC. The van der Waals surface area contributed by atoms with Crippen molar-refractivity contribution in [2.75, 3.05) is 12.4 Å². The van der Waals surface area contributed by atoms with E-state index < -0.39 is 0 Å². The molecule has 0 radical (unpaired) electrons. The molecule has 0 fully saturated rings. The van der Waals surface area contributed by atoms with Gasteiger partial charge < -0.3 is 4.74 Å². The molecular weight excluding hydrogens is 136 g/mol. The van der Waals surface area contributed by atoms with Crippen molar-refractivity contribution in [1.29, 1.82) is 0 Å². The van der Waals surface area contributed by atoms with Crippen LogP contribution in [0.15, 0.2) is 12.8 Å². The summed E-state index contributed by atoms with van der Waals surface area (Å²) in [7, 11) is 0. The molecule has 0 atom stereocenters. The summed E-state index contributed by atoms with van der Waals surface area (Å²) in [5, 5.41) is 0.0531. The molecule has 0 N–H and O–H groups in total. The van der Waals surface area contributed by atoms with E-state index in [4.69, 9.17) is 0 Å². The summed E-state index contributed by atoms with van der Waals surface area (Å²) in [4.78, 5) is 10.6. The van der Waals surface area contributed by atoms with E-state index in [1.807, 2.05) is 6.92 Å². The number of carbonyl (C=O) groups is 1. The van der Waals surface area contributed by atoms with E-state index in [2.05, 4.69) is 11.3 Å². The lowest BCUT2D eigenvalue weighted by molar-refractivity contribution is -0.113. The molecule has 0 aromatic heterocycles. The lowest BCUT2D eigenvalue weighted by Gasteiger charge is -1.95. The fourth-order valence-electron chi connectivity index (χ4n) is 0.330. The molecule has 0 amide bonds. The standard InChI is InChI=1S/C6H10O2S/c1-3-8-5-6(7)9-4-2/h3H,1,4-5H2,2H3. The Labute approximate surface area is 59.3 Å². The van der Waals surface area contributed by atoms with Crippen LogP contribution < -0.4 is 0 Å². The molecule has 0 spiro atoms. The zero-order valence-electron chi connectivity index (χ0n) is 5.42. The first-order chi connectivity index (χ1) is 4.31. The van der Waals surface area contributed by atoms with Crippen LogP contribution in [0.2, 0.25) is 0 Å². The summed E-state index contributed by atoms with van der Waals surface area (Å²) in [5.74, 6) is 0.805. The molecule has 52 valence electrons. The molecule has 0 rings (SSSR count). The van der Waals surface area contributed by atoms with Gasteiger partial charge >= 0.3 is 0 Å². The molecular formula is C6H10O2S. The minimum absolute atomic E-state index is 0.0531. The highest BCUT2D eigenvalue weighted by molar-refractivity contribution is 8.13. The molecule has 0 saturated heterocycles. The van der Waals surface area contributed by atoms with Gasteiger partial charge in [0, 0.05) is 0 Å². The molecule has 0 aromatic carbocycles. The molecule has 2 nitrogen and oxygen atoms in total. The summed E-state index contributed by atoms with van der Waals surface area (Å²) in [5.41, 5.74) is 0. The van der Waals surface area contributed by atoms with Gasteiger partial charge in [-0.3, -0.25) is 4.79 Å². The Morgan fingerprint density at radius 3 is 3.00 bits per heavy atom. The first-order valence-corrected chi connectivity index (χ1v) is 3.68. The average Bonchev–Trinajstić information content (AvgIpc) is 1.85. The topological polar surface area (TPSA) is 26.3 Å². The molecule has 0 aromatic rings. The Bertz CT molecular complexity index is 101. The van der Waals surface area contributed by atoms with Crippen LogP contribution in [0.3, 0.4) is 0 Å². The minimum Gasteiger partial charge on any atom is -0.493 e. The number of carbonyl (C=O) groups excluding carboxylic acids is 1. The van der Waals surface area contributed by atoms with Gasteiger partial charge in [-0.2, -0.15) is 0 Å². The molecule has 9 heavy (non-hydrogen) atoms. The fraction of sp³-hybridized carbons (Fsp3) is 0.500. The van der Waals surface area contributed by atoms with Crippen LogP contribution in [-0.2, 0) is 9.53 Å². The largest absolute Gasteiger partial charge is 0.493 e. The molecule has 0 unspecified atom stereocenters. The van der Waals surface area contributed by atoms with Gasteiger partial charge in [-0.15, -0.1) is 0 Å². The van der Waals surface area contributed by atoms with E-state index in [9.17, 15) is 4.79 Å². The highest BCUT2D eigenvalue weighted by Crippen LogP contribution is 1.99. The highest BCUT2D eigenvalue weighted by Gasteiger charge is 1.97. The summed E-state index contributed by atoms with van der Waals surface area (Å²) >= 11 is 1.26. The van der Waals surface area contributed by atoms with E-state index in [0.717, 1.165) is 5.75 Å². The van der Waals surface area contributed by atoms with E-state index in [0.29, 0.717) is 0 Å². The molecule has 0 aliphatic rings. The van der Waals surface area contributed by atoms with Crippen molar-refractivity contribution in [3.8, 4) is 0 Å². The van der Waals surface area contributed by atoms with Crippen molar-refractivity contribution >= 4 is 16.9 Å². The van der Waals surface area contributed by atoms with Gasteiger partial charge in [-0.05, 0) is 5.75 Å². The van der Waals surface area contributed by atoms with Crippen molar-refractivity contribution in [1.82, 2.24) is 0 Å². The summed E-state index contributed by atoms with van der Waals surface area (Å²) in [6.07, 6.45) is 1.27. The lowest BCUT2D eigenvalue weighted by Crippen LogP contribution is -2.00. The van der Waals surface area contributed by atoms with Crippen molar-refractivity contribution < 1.29 is 9.53 Å². The maximum atomic E-state index is 10.6. The number of hydrogen-bond acceptors (Lipinski definition) is 3. The lowest BCUT2D eigenvalue weighted by atomic mass is 10.8. The van der Waals surface area contributed by atoms with Gasteiger partial charge in [0.05, 0.1) is 6.26 Å². The van der Waals surface area contributed by atoms with Crippen LogP contribution in [0.1, 0.15) is 6.92 Å². The predicted molar refractivity (Wildman–Crippen MR) is 39.3 cm³/mol. The summed E-state index contributed by atoms with van der Waals surface area (Å²) < 4.78 is 4.64. The maximum Gasteiger partial charge on any atom is 0.226 e. The molecule has 0 aliphatic carbocycles. The van der Waals surface area contributed by atoms with Crippen molar-refractivity contribution in [2.24, 2.45) is 0 Å². The molecule has 0 aliphatic heterocycles. The van der Waals surface area contributed by atoms with Crippen molar-refractivity contribution in [3.63, 3.8) is 0 Å². The van der Waals surface area contributed by atoms with Crippen LogP contribution in [0.4, 0.5) is 0 Å². The van der Waals surface area contributed by atoms with E-state index >= 15 is 0 Å². The number of thioether (sulfide) groups is 1. The van der Waals surface area contributed by atoms with E-state index in [1.165, 1.54) is 18.0 Å². The fourth-order valence-corrected chi connectivity index (χ4v) is 0.803. The van der Waals surface area contributed by atoms with Gasteiger partial charge in [0.1, 0.15) is 0 Å². The summed E-state index contributed by atoms with van der Waals surface area (Å²) in [6.45, 7) is 5.38. The molecule has 0 bridgehead atoms. The Morgan fingerprint density at radius 2 is 2.56 bits per heavy atom. The second kappa shape index (κ2) is 5.69. The molecule has 0 saturated carbocycles. The van der Waals surface area contributed by atoms with Crippen LogP contribution in [0, 0.1) is 0 Å². The van der Waals surface area contributed by atoms with Crippen molar-refractivity contribution in [2.45, 2.75) is 6.92 Å². The first kappa shape index (κ1) is 8.56. The van der Waals surface area contributed by atoms with Gasteiger partial charge in [-0.25, -0.2) is 0 Å². The number of hydrogen-bond donors (Lipinski definition) is 0. The zero-order valence-corrected chi connectivity index (χ0v) is 6.24.